The van der Waals surface area contributed by atoms with Crippen molar-refractivity contribution in [2.45, 2.75) is 13.3 Å². The second-order valence-electron chi connectivity index (χ2n) is 3.40. The fourth-order valence-corrected chi connectivity index (χ4v) is 1.68. The fraction of sp³-hybridized carbons (Fsp3) is 0.250. The van der Waals surface area contributed by atoms with E-state index >= 15 is 0 Å². The lowest BCUT2D eigenvalue weighted by molar-refractivity contribution is 0.0992. The van der Waals surface area contributed by atoms with Crippen molar-refractivity contribution < 1.29 is 9.53 Å². The van der Waals surface area contributed by atoms with Crippen molar-refractivity contribution in [3.63, 3.8) is 0 Å². The van der Waals surface area contributed by atoms with Crippen LogP contribution in [0.25, 0.3) is 0 Å². The van der Waals surface area contributed by atoms with Crippen LogP contribution in [-0.2, 0) is 0 Å². The molecule has 0 atom stereocenters. The molecule has 0 fully saturated rings. The highest BCUT2D eigenvalue weighted by Crippen LogP contribution is 2.24. The average Bonchev–Trinajstić information content (AvgIpc) is 2.17. The van der Waals surface area contributed by atoms with Crippen molar-refractivity contribution in [3.05, 3.63) is 40.4 Å². The molecule has 0 heterocycles. The van der Waals surface area contributed by atoms with E-state index in [1.807, 2.05) is 19.1 Å². The van der Waals surface area contributed by atoms with Crippen molar-refractivity contribution in [3.8, 4) is 5.75 Å². The molecule has 1 rings (SSSR count). The van der Waals surface area contributed by atoms with Gasteiger partial charge in [0.25, 0.3) is 0 Å². The largest absolute Gasteiger partial charge is 0.497 e. The van der Waals surface area contributed by atoms with Gasteiger partial charge in [-0.15, -0.1) is 0 Å². The number of hydrogen-bond acceptors (Lipinski definition) is 2. The first kappa shape index (κ1) is 12.0. The summed E-state index contributed by atoms with van der Waals surface area (Å²) in [5.41, 5.74) is 1.49. The van der Waals surface area contributed by atoms with E-state index in [0.29, 0.717) is 17.7 Å². The topological polar surface area (TPSA) is 26.3 Å². The molecule has 0 spiro atoms. The minimum Gasteiger partial charge on any atom is -0.497 e. The standard InChI is InChI=1S/C12H13BrO2/c1-8(2)6-12(14)10-7-9(15-3)4-5-11(10)13/h4-5,7H,1,6H2,2-3H3. The number of Topliss-reactive ketones (excluding diaryl/α,β-unsaturated/α-hetero) is 1. The Morgan fingerprint density at radius 2 is 2.20 bits per heavy atom. The van der Waals surface area contributed by atoms with E-state index in [4.69, 9.17) is 4.74 Å². The quantitative estimate of drug-likeness (QED) is 0.616. The molecule has 0 bridgehead atoms. The first-order chi connectivity index (χ1) is 7.04. The minimum absolute atomic E-state index is 0.0493. The summed E-state index contributed by atoms with van der Waals surface area (Å²) in [7, 11) is 1.58. The molecule has 0 N–H and O–H groups in total. The van der Waals surface area contributed by atoms with Crippen LogP contribution >= 0.6 is 15.9 Å². The van der Waals surface area contributed by atoms with Gasteiger partial charge < -0.3 is 4.74 Å². The Hall–Kier alpha value is -1.09. The molecule has 0 unspecified atom stereocenters. The van der Waals surface area contributed by atoms with Gasteiger partial charge in [-0.1, -0.05) is 28.1 Å². The van der Waals surface area contributed by atoms with Crippen molar-refractivity contribution in [2.24, 2.45) is 0 Å². The highest BCUT2D eigenvalue weighted by molar-refractivity contribution is 9.10. The monoisotopic (exact) mass is 268 g/mol. The van der Waals surface area contributed by atoms with Crippen LogP contribution in [0.15, 0.2) is 34.8 Å². The van der Waals surface area contributed by atoms with E-state index < -0.39 is 0 Å². The molecule has 0 aliphatic carbocycles. The maximum Gasteiger partial charge on any atom is 0.168 e. The number of benzene rings is 1. The lowest BCUT2D eigenvalue weighted by atomic mass is 10.0. The Morgan fingerprint density at radius 3 is 2.73 bits per heavy atom. The molecule has 1 aromatic carbocycles. The lowest BCUT2D eigenvalue weighted by Gasteiger charge is -2.06. The number of halogens is 1. The normalized spacial score (nSPS) is 9.80. The van der Waals surface area contributed by atoms with Crippen LogP contribution in [0, 0.1) is 0 Å². The third-order valence-corrected chi connectivity index (χ3v) is 2.63. The van der Waals surface area contributed by atoms with Gasteiger partial charge in [-0.25, -0.2) is 0 Å². The Morgan fingerprint density at radius 1 is 1.53 bits per heavy atom. The van der Waals surface area contributed by atoms with Crippen LogP contribution in [0.2, 0.25) is 0 Å². The third kappa shape index (κ3) is 3.20. The van der Waals surface area contributed by atoms with E-state index in [1.54, 1.807) is 13.2 Å². The third-order valence-electron chi connectivity index (χ3n) is 1.94. The number of methoxy groups -OCH3 is 1. The predicted molar refractivity (Wildman–Crippen MR) is 64.5 cm³/mol. The van der Waals surface area contributed by atoms with E-state index in [0.717, 1.165) is 10.0 Å². The summed E-state index contributed by atoms with van der Waals surface area (Å²) >= 11 is 3.34. The summed E-state index contributed by atoms with van der Waals surface area (Å²) in [4.78, 5) is 11.8. The smallest absolute Gasteiger partial charge is 0.168 e. The van der Waals surface area contributed by atoms with E-state index in [1.165, 1.54) is 0 Å². The second kappa shape index (κ2) is 5.12. The van der Waals surface area contributed by atoms with Gasteiger partial charge in [-0.2, -0.15) is 0 Å². The highest BCUT2D eigenvalue weighted by atomic mass is 79.9. The zero-order valence-corrected chi connectivity index (χ0v) is 10.4. The van der Waals surface area contributed by atoms with Gasteiger partial charge in [0.15, 0.2) is 5.78 Å². The predicted octanol–water partition coefficient (Wildman–Crippen LogP) is 3.61. The molecule has 0 saturated heterocycles. The van der Waals surface area contributed by atoms with E-state index in [2.05, 4.69) is 22.5 Å². The molecule has 0 amide bonds. The number of ketones is 1. The molecule has 0 radical (unpaired) electrons. The molecule has 3 heteroatoms. The first-order valence-corrected chi connectivity index (χ1v) is 5.35. The van der Waals surface area contributed by atoms with Gasteiger partial charge >= 0.3 is 0 Å². The molecule has 0 aliphatic rings. The number of hydrogen-bond donors (Lipinski definition) is 0. The summed E-state index contributed by atoms with van der Waals surface area (Å²) in [6.07, 6.45) is 0.367. The Bertz CT molecular complexity index is 397. The number of carbonyl (C=O) groups is 1. The van der Waals surface area contributed by atoms with Crippen molar-refractivity contribution in [1.29, 1.82) is 0 Å². The van der Waals surface area contributed by atoms with Gasteiger partial charge in [-0.3, -0.25) is 4.79 Å². The number of ether oxygens (including phenoxy) is 1. The zero-order chi connectivity index (χ0) is 11.4. The van der Waals surface area contributed by atoms with Crippen LogP contribution in [-0.4, -0.2) is 12.9 Å². The van der Waals surface area contributed by atoms with Gasteiger partial charge in [0.1, 0.15) is 5.75 Å². The molecule has 2 nitrogen and oxygen atoms in total. The van der Waals surface area contributed by atoms with Gasteiger partial charge in [0, 0.05) is 16.5 Å². The second-order valence-corrected chi connectivity index (χ2v) is 4.26. The number of carbonyl (C=O) groups excluding carboxylic acids is 1. The van der Waals surface area contributed by atoms with Crippen molar-refractivity contribution in [1.82, 2.24) is 0 Å². The Balaban J connectivity index is 3.01. The SMILES string of the molecule is C=C(C)CC(=O)c1cc(OC)ccc1Br. The van der Waals surface area contributed by atoms with Gasteiger partial charge in [0.05, 0.1) is 7.11 Å². The molecule has 1 aromatic rings. The average molecular weight is 269 g/mol. The summed E-state index contributed by atoms with van der Waals surface area (Å²) in [5.74, 6) is 0.733. The molecule has 15 heavy (non-hydrogen) atoms. The van der Waals surface area contributed by atoms with Crippen molar-refractivity contribution in [2.75, 3.05) is 7.11 Å². The van der Waals surface area contributed by atoms with Gasteiger partial charge in [0.2, 0.25) is 0 Å². The van der Waals surface area contributed by atoms with Crippen LogP contribution in [0.1, 0.15) is 23.7 Å². The maximum absolute atomic E-state index is 11.8. The maximum atomic E-state index is 11.8. The van der Waals surface area contributed by atoms with Crippen LogP contribution in [0.5, 0.6) is 5.75 Å². The molecular weight excluding hydrogens is 256 g/mol. The summed E-state index contributed by atoms with van der Waals surface area (Å²) in [6, 6.07) is 5.35. The first-order valence-electron chi connectivity index (χ1n) is 4.55. The number of rotatable bonds is 4. The Kier molecular flexibility index (Phi) is 4.09. The fourth-order valence-electron chi connectivity index (χ4n) is 1.21. The van der Waals surface area contributed by atoms with Crippen LogP contribution in [0.3, 0.4) is 0 Å². The minimum atomic E-state index is 0.0493. The molecule has 0 aliphatic heterocycles. The number of allylic oxidation sites excluding steroid dienone is 1. The van der Waals surface area contributed by atoms with E-state index in [9.17, 15) is 4.79 Å². The summed E-state index contributed by atoms with van der Waals surface area (Å²) < 4.78 is 5.86. The molecule has 0 aromatic heterocycles. The molecule has 80 valence electrons. The summed E-state index contributed by atoms with van der Waals surface area (Å²) in [5, 5.41) is 0. The van der Waals surface area contributed by atoms with Crippen LogP contribution < -0.4 is 4.74 Å². The van der Waals surface area contributed by atoms with Crippen LogP contribution in [0.4, 0.5) is 0 Å². The molecular formula is C12H13BrO2. The Labute approximate surface area is 98.1 Å². The molecule has 0 saturated carbocycles. The van der Waals surface area contributed by atoms with E-state index in [-0.39, 0.29) is 5.78 Å². The van der Waals surface area contributed by atoms with Gasteiger partial charge in [-0.05, 0) is 25.1 Å². The zero-order valence-electron chi connectivity index (χ0n) is 8.84. The van der Waals surface area contributed by atoms with Crippen molar-refractivity contribution >= 4 is 21.7 Å². The summed E-state index contributed by atoms with van der Waals surface area (Å²) in [6.45, 7) is 5.56. The highest BCUT2D eigenvalue weighted by Gasteiger charge is 2.11. The lowest BCUT2D eigenvalue weighted by Crippen LogP contribution is -2.01.